The number of carbonyl (C=O) groups is 1. The molecule has 1 atom stereocenters. The minimum atomic E-state index is -2.36. The fourth-order valence-corrected chi connectivity index (χ4v) is 4.05. The SMILES string of the molecule is COC(=O)c1ccc(N(c2ccc3nc(Cl)ccc3c2)S(=O)O)c2ccccc12. The van der Waals surface area contributed by atoms with E-state index in [0.29, 0.717) is 38.4 Å². The van der Waals surface area contributed by atoms with Crippen LogP contribution in [0.15, 0.2) is 66.7 Å². The van der Waals surface area contributed by atoms with Crippen molar-refractivity contribution in [2.45, 2.75) is 0 Å². The molecule has 0 aliphatic rings. The van der Waals surface area contributed by atoms with E-state index >= 15 is 0 Å². The van der Waals surface area contributed by atoms with E-state index < -0.39 is 17.2 Å². The van der Waals surface area contributed by atoms with Crippen molar-refractivity contribution in [3.8, 4) is 0 Å². The number of halogens is 1. The second-order valence-corrected chi connectivity index (χ2v) is 7.42. The summed E-state index contributed by atoms with van der Waals surface area (Å²) in [6.07, 6.45) is 0. The van der Waals surface area contributed by atoms with Crippen molar-refractivity contribution in [2.24, 2.45) is 0 Å². The van der Waals surface area contributed by atoms with E-state index in [4.69, 9.17) is 16.3 Å². The highest BCUT2D eigenvalue weighted by Gasteiger charge is 2.21. The standard InChI is InChI=1S/C21H15ClN2O4S/c1-28-21(25)17-8-10-19(16-5-3-2-4-15(16)17)24(29(26)27)14-7-9-18-13(12-14)6-11-20(22)23-18/h2-12H,1H3,(H,26,27). The van der Waals surface area contributed by atoms with Gasteiger partial charge in [-0.2, -0.15) is 0 Å². The molecule has 0 aliphatic carbocycles. The van der Waals surface area contributed by atoms with Crippen molar-refractivity contribution in [1.29, 1.82) is 0 Å². The summed E-state index contributed by atoms with van der Waals surface area (Å²) in [6.45, 7) is 0. The molecule has 1 unspecified atom stereocenters. The number of aromatic nitrogens is 1. The predicted molar refractivity (Wildman–Crippen MR) is 115 cm³/mol. The van der Waals surface area contributed by atoms with E-state index in [-0.39, 0.29) is 0 Å². The van der Waals surface area contributed by atoms with Crippen LogP contribution < -0.4 is 4.31 Å². The van der Waals surface area contributed by atoms with Crippen LogP contribution >= 0.6 is 11.6 Å². The predicted octanol–water partition coefficient (Wildman–Crippen LogP) is 5.10. The first-order chi connectivity index (χ1) is 14.0. The van der Waals surface area contributed by atoms with Crippen LogP contribution in [0, 0.1) is 0 Å². The molecule has 6 nitrogen and oxygen atoms in total. The second-order valence-electron chi connectivity index (χ2n) is 6.21. The Bertz CT molecular complexity index is 1280. The lowest BCUT2D eigenvalue weighted by Crippen LogP contribution is -2.20. The summed E-state index contributed by atoms with van der Waals surface area (Å²) >= 11 is 3.58. The molecular formula is C21H15ClN2O4S. The first kappa shape index (κ1) is 19.3. The molecule has 8 heteroatoms. The number of nitrogens with zero attached hydrogens (tertiary/aromatic N) is 2. The third-order valence-corrected chi connectivity index (χ3v) is 5.49. The van der Waals surface area contributed by atoms with Crippen LogP contribution in [0.3, 0.4) is 0 Å². The van der Waals surface area contributed by atoms with Crippen LogP contribution in [0.5, 0.6) is 0 Å². The number of rotatable bonds is 4. The van der Waals surface area contributed by atoms with Crippen molar-refractivity contribution >= 4 is 61.9 Å². The van der Waals surface area contributed by atoms with E-state index in [2.05, 4.69) is 4.98 Å². The lowest BCUT2D eigenvalue weighted by molar-refractivity contribution is 0.0603. The number of ether oxygens (including phenoxy) is 1. The molecule has 29 heavy (non-hydrogen) atoms. The Kier molecular flexibility index (Phi) is 5.19. The zero-order valence-corrected chi connectivity index (χ0v) is 16.8. The molecule has 1 N–H and O–H groups in total. The fraction of sp³-hybridized carbons (Fsp3) is 0.0476. The van der Waals surface area contributed by atoms with Gasteiger partial charge >= 0.3 is 5.97 Å². The van der Waals surface area contributed by atoms with Crippen LogP contribution in [0.2, 0.25) is 5.15 Å². The largest absolute Gasteiger partial charge is 0.465 e. The molecule has 0 saturated carbocycles. The van der Waals surface area contributed by atoms with Crippen LogP contribution in [0.1, 0.15) is 10.4 Å². The maximum absolute atomic E-state index is 12.3. The molecule has 3 aromatic carbocycles. The monoisotopic (exact) mass is 426 g/mol. The fourth-order valence-electron chi connectivity index (χ4n) is 3.28. The van der Waals surface area contributed by atoms with Crippen molar-refractivity contribution in [1.82, 2.24) is 4.98 Å². The third kappa shape index (κ3) is 3.55. The summed E-state index contributed by atoms with van der Waals surface area (Å²) in [7, 11) is 1.31. The smallest absolute Gasteiger partial charge is 0.338 e. The summed E-state index contributed by atoms with van der Waals surface area (Å²) in [5, 5.41) is 2.42. The minimum Gasteiger partial charge on any atom is -0.465 e. The first-order valence-electron chi connectivity index (χ1n) is 8.57. The Morgan fingerprint density at radius 3 is 2.55 bits per heavy atom. The van der Waals surface area contributed by atoms with Gasteiger partial charge in [-0.15, -0.1) is 0 Å². The summed E-state index contributed by atoms with van der Waals surface area (Å²) in [6, 6.07) is 19.0. The highest BCUT2D eigenvalue weighted by Crippen LogP contribution is 2.36. The molecule has 0 spiro atoms. The number of esters is 1. The van der Waals surface area contributed by atoms with Crippen LogP contribution in [-0.4, -0.2) is 26.8 Å². The topological polar surface area (TPSA) is 79.7 Å². The van der Waals surface area contributed by atoms with Gasteiger partial charge in [-0.05, 0) is 47.9 Å². The van der Waals surface area contributed by atoms with Gasteiger partial charge in [0.15, 0.2) is 0 Å². The second kappa shape index (κ2) is 7.79. The van der Waals surface area contributed by atoms with Gasteiger partial charge < -0.3 is 4.74 Å². The normalized spacial score (nSPS) is 12.1. The van der Waals surface area contributed by atoms with E-state index in [1.165, 1.54) is 11.4 Å². The number of benzene rings is 3. The van der Waals surface area contributed by atoms with Crippen LogP contribution in [-0.2, 0) is 16.0 Å². The Hall–Kier alpha value is -3.00. The summed E-state index contributed by atoms with van der Waals surface area (Å²) < 4.78 is 28.6. The number of pyridine rings is 1. The number of methoxy groups -OCH3 is 1. The highest BCUT2D eigenvalue weighted by atomic mass is 35.5. The first-order valence-corrected chi connectivity index (χ1v) is 10.0. The van der Waals surface area contributed by atoms with Gasteiger partial charge in [-0.1, -0.05) is 35.9 Å². The average Bonchev–Trinajstić information content (AvgIpc) is 2.73. The van der Waals surface area contributed by atoms with Gasteiger partial charge in [0.2, 0.25) is 0 Å². The molecule has 0 fully saturated rings. The molecule has 1 aromatic heterocycles. The molecule has 4 aromatic rings. The van der Waals surface area contributed by atoms with Crippen molar-refractivity contribution in [3.05, 3.63) is 77.4 Å². The zero-order valence-electron chi connectivity index (χ0n) is 15.2. The molecule has 1 heterocycles. The Labute approximate surface area is 174 Å². The molecule has 0 radical (unpaired) electrons. The Morgan fingerprint density at radius 1 is 1.07 bits per heavy atom. The molecule has 4 rings (SSSR count). The average molecular weight is 427 g/mol. The minimum absolute atomic E-state index is 0.372. The number of anilines is 2. The summed E-state index contributed by atoms with van der Waals surface area (Å²) in [5.74, 6) is -0.474. The zero-order chi connectivity index (χ0) is 20.5. The van der Waals surface area contributed by atoms with Gasteiger partial charge in [0.05, 0.1) is 29.6 Å². The molecular weight excluding hydrogens is 412 g/mol. The van der Waals surface area contributed by atoms with Crippen molar-refractivity contribution in [2.75, 3.05) is 11.4 Å². The summed E-state index contributed by atoms with van der Waals surface area (Å²) in [4.78, 5) is 16.4. The molecule has 0 aliphatic heterocycles. The van der Waals surface area contributed by atoms with Gasteiger partial charge in [0, 0.05) is 10.8 Å². The van der Waals surface area contributed by atoms with Crippen molar-refractivity contribution < 1.29 is 18.3 Å². The van der Waals surface area contributed by atoms with Gasteiger partial charge in [-0.25, -0.2) is 18.3 Å². The highest BCUT2D eigenvalue weighted by molar-refractivity contribution is 7.81. The Morgan fingerprint density at radius 2 is 1.83 bits per heavy atom. The molecule has 146 valence electrons. The lowest BCUT2D eigenvalue weighted by Gasteiger charge is -2.23. The molecule has 0 bridgehead atoms. The van der Waals surface area contributed by atoms with E-state index in [1.54, 1.807) is 66.7 Å². The quantitative estimate of drug-likeness (QED) is 0.279. The van der Waals surface area contributed by atoms with Gasteiger partial charge in [0.1, 0.15) is 5.15 Å². The lowest BCUT2D eigenvalue weighted by atomic mass is 10.0. The maximum Gasteiger partial charge on any atom is 0.338 e. The van der Waals surface area contributed by atoms with Crippen LogP contribution in [0.4, 0.5) is 11.4 Å². The van der Waals surface area contributed by atoms with Gasteiger partial charge in [0.25, 0.3) is 11.3 Å². The molecule has 0 amide bonds. The molecule has 0 saturated heterocycles. The number of carbonyl (C=O) groups excluding carboxylic acids is 1. The van der Waals surface area contributed by atoms with E-state index in [9.17, 15) is 13.6 Å². The number of fused-ring (bicyclic) bond motifs is 2. The number of hydrogen-bond acceptors (Lipinski definition) is 4. The van der Waals surface area contributed by atoms with E-state index in [0.717, 1.165) is 5.39 Å². The third-order valence-electron chi connectivity index (χ3n) is 4.55. The van der Waals surface area contributed by atoms with Gasteiger partial charge in [-0.3, -0.25) is 4.55 Å². The maximum atomic E-state index is 12.3. The van der Waals surface area contributed by atoms with Crippen molar-refractivity contribution in [3.63, 3.8) is 0 Å². The van der Waals surface area contributed by atoms with Crippen LogP contribution in [0.25, 0.3) is 21.7 Å². The Balaban J connectivity index is 1.93. The number of hydrogen-bond donors (Lipinski definition) is 1. The summed E-state index contributed by atoms with van der Waals surface area (Å²) in [5.41, 5.74) is 2.04. The van der Waals surface area contributed by atoms with E-state index in [1.807, 2.05) is 0 Å².